The molecule has 0 bridgehead atoms. The van der Waals surface area contributed by atoms with E-state index in [1.165, 1.54) is 5.56 Å². The first kappa shape index (κ1) is 10.2. The largest absolute Gasteiger partial charge is 0.481 e. The molecule has 0 heterocycles. The molecule has 1 aliphatic carbocycles. The average molecular weight is 204 g/mol. The summed E-state index contributed by atoms with van der Waals surface area (Å²) in [6.07, 6.45) is 3.63. The lowest BCUT2D eigenvalue weighted by Gasteiger charge is -2.34. The van der Waals surface area contributed by atoms with Gasteiger partial charge in [-0.3, -0.25) is 4.79 Å². The number of rotatable bonds is 4. The van der Waals surface area contributed by atoms with E-state index in [4.69, 9.17) is 5.11 Å². The Bertz CT molecular complexity index is 326. The van der Waals surface area contributed by atoms with Gasteiger partial charge >= 0.3 is 5.97 Å². The molecule has 0 aromatic heterocycles. The summed E-state index contributed by atoms with van der Waals surface area (Å²) in [5.74, 6) is 0.478. The van der Waals surface area contributed by atoms with E-state index in [2.05, 4.69) is 24.3 Å². The molecule has 0 radical (unpaired) electrons. The summed E-state index contributed by atoms with van der Waals surface area (Å²) in [6.45, 7) is 0. The molecule has 1 aliphatic rings. The SMILES string of the molecule is O=C(O)CC1CC(Cc2ccccc2)C1. The van der Waals surface area contributed by atoms with Gasteiger partial charge in [-0.1, -0.05) is 30.3 Å². The van der Waals surface area contributed by atoms with Crippen molar-refractivity contribution >= 4 is 5.97 Å². The maximum absolute atomic E-state index is 10.5. The van der Waals surface area contributed by atoms with Gasteiger partial charge in [0.2, 0.25) is 0 Å². The molecule has 1 saturated carbocycles. The lowest BCUT2D eigenvalue weighted by Crippen LogP contribution is -2.27. The van der Waals surface area contributed by atoms with Gasteiger partial charge in [-0.25, -0.2) is 0 Å². The summed E-state index contributed by atoms with van der Waals surface area (Å²) < 4.78 is 0. The van der Waals surface area contributed by atoms with Gasteiger partial charge in [0, 0.05) is 6.42 Å². The molecule has 0 spiro atoms. The summed E-state index contributed by atoms with van der Waals surface area (Å²) in [4.78, 5) is 10.5. The van der Waals surface area contributed by atoms with E-state index >= 15 is 0 Å². The third-order valence-electron chi connectivity index (χ3n) is 3.16. The number of aliphatic carboxylic acids is 1. The van der Waals surface area contributed by atoms with E-state index in [-0.39, 0.29) is 0 Å². The first-order chi connectivity index (χ1) is 7.24. The summed E-state index contributed by atoms with van der Waals surface area (Å²) in [6, 6.07) is 10.4. The van der Waals surface area contributed by atoms with Gasteiger partial charge in [0.05, 0.1) is 0 Å². The number of carboxylic acids is 1. The molecule has 0 amide bonds. The van der Waals surface area contributed by atoms with Gasteiger partial charge in [0.1, 0.15) is 0 Å². The smallest absolute Gasteiger partial charge is 0.303 e. The van der Waals surface area contributed by atoms with Crippen LogP contribution in [0.25, 0.3) is 0 Å². The highest BCUT2D eigenvalue weighted by Gasteiger charge is 2.30. The van der Waals surface area contributed by atoms with Crippen molar-refractivity contribution in [3.63, 3.8) is 0 Å². The van der Waals surface area contributed by atoms with Gasteiger partial charge in [0.15, 0.2) is 0 Å². The van der Waals surface area contributed by atoms with Crippen LogP contribution in [-0.4, -0.2) is 11.1 Å². The number of carboxylic acid groups (broad SMARTS) is 1. The summed E-state index contributed by atoms with van der Waals surface area (Å²) >= 11 is 0. The molecule has 0 aliphatic heterocycles. The standard InChI is InChI=1S/C13H16O2/c14-13(15)9-12-7-11(8-12)6-10-4-2-1-3-5-10/h1-5,11-12H,6-9H2,(H,14,15). The van der Waals surface area contributed by atoms with Crippen LogP contribution in [0, 0.1) is 11.8 Å². The molecule has 2 nitrogen and oxygen atoms in total. The fourth-order valence-electron chi connectivity index (χ4n) is 2.40. The number of hydrogen-bond donors (Lipinski definition) is 1. The molecule has 2 heteroatoms. The van der Waals surface area contributed by atoms with Crippen LogP contribution in [-0.2, 0) is 11.2 Å². The van der Waals surface area contributed by atoms with Gasteiger partial charge < -0.3 is 5.11 Å². The molecule has 1 N–H and O–H groups in total. The predicted molar refractivity (Wildman–Crippen MR) is 58.6 cm³/mol. The third-order valence-corrected chi connectivity index (χ3v) is 3.16. The Kier molecular flexibility index (Phi) is 3.05. The second kappa shape index (κ2) is 4.47. The number of benzene rings is 1. The Hall–Kier alpha value is -1.31. The molecule has 80 valence electrons. The van der Waals surface area contributed by atoms with E-state index in [9.17, 15) is 4.79 Å². The molecular formula is C13H16O2. The molecule has 0 atom stereocenters. The summed E-state index contributed by atoms with van der Waals surface area (Å²) in [5, 5.41) is 8.62. The van der Waals surface area contributed by atoms with E-state index in [1.54, 1.807) is 0 Å². The van der Waals surface area contributed by atoms with E-state index in [0.29, 0.717) is 18.3 Å². The predicted octanol–water partition coefficient (Wildman–Crippen LogP) is 2.73. The lowest BCUT2D eigenvalue weighted by molar-refractivity contribution is -0.139. The van der Waals surface area contributed by atoms with Gasteiger partial charge in [-0.05, 0) is 36.7 Å². The fraction of sp³-hybridized carbons (Fsp3) is 0.462. The maximum atomic E-state index is 10.5. The van der Waals surface area contributed by atoms with Gasteiger partial charge in [0.25, 0.3) is 0 Å². The first-order valence-electron chi connectivity index (χ1n) is 5.50. The monoisotopic (exact) mass is 204 g/mol. The molecule has 0 saturated heterocycles. The van der Waals surface area contributed by atoms with Crippen LogP contribution in [0.5, 0.6) is 0 Å². The summed E-state index contributed by atoms with van der Waals surface area (Å²) in [5.41, 5.74) is 1.37. The Morgan fingerprint density at radius 3 is 2.47 bits per heavy atom. The van der Waals surface area contributed by atoms with Crippen LogP contribution in [0.2, 0.25) is 0 Å². The molecule has 2 rings (SSSR count). The van der Waals surface area contributed by atoms with Crippen LogP contribution in [0.1, 0.15) is 24.8 Å². The second-order valence-electron chi connectivity index (χ2n) is 4.49. The zero-order valence-electron chi connectivity index (χ0n) is 8.73. The molecule has 15 heavy (non-hydrogen) atoms. The molecule has 1 fully saturated rings. The highest BCUT2D eigenvalue weighted by atomic mass is 16.4. The van der Waals surface area contributed by atoms with Crippen LogP contribution < -0.4 is 0 Å². The maximum Gasteiger partial charge on any atom is 0.303 e. The van der Waals surface area contributed by atoms with Crippen molar-refractivity contribution in [3.05, 3.63) is 35.9 Å². The average Bonchev–Trinajstić information content (AvgIpc) is 2.15. The summed E-state index contributed by atoms with van der Waals surface area (Å²) in [7, 11) is 0. The van der Waals surface area contributed by atoms with Crippen molar-refractivity contribution in [2.24, 2.45) is 11.8 Å². The zero-order chi connectivity index (χ0) is 10.7. The minimum Gasteiger partial charge on any atom is -0.481 e. The first-order valence-corrected chi connectivity index (χ1v) is 5.50. The van der Waals surface area contributed by atoms with Crippen molar-refractivity contribution in [2.45, 2.75) is 25.7 Å². The Balaban J connectivity index is 1.74. The van der Waals surface area contributed by atoms with Crippen molar-refractivity contribution in [1.82, 2.24) is 0 Å². The minimum absolute atomic E-state index is 0.352. The lowest BCUT2D eigenvalue weighted by atomic mass is 9.71. The van der Waals surface area contributed by atoms with Crippen molar-refractivity contribution in [1.29, 1.82) is 0 Å². The van der Waals surface area contributed by atoms with Crippen LogP contribution in [0.15, 0.2) is 30.3 Å². The Morgan fingerprint density at radius 1 is 1.20 bits per heavy atom. The van der Waals surface area contributed by atoms with Crippen LogP contribution in [0.3, 0.4) is 0 Å². The van der Waals surface area contributed by atoms with Crippen LogP contribution >= 0.6 is 0 Å². The quantitative estimate of drug-likeness (QED) is 0.818. The third kappa shape index (κ3) is 2.82. The molecule has 1 aromatic rings. The van der Waals surface area contributed by atoms with E-state index in [0.717, 1.165) is 19.3 Å². The number of hydrogen-bond acceptors (Lipinski definition) is 1. The van der Waals surface area contributed by atoms with E-state index in [1.807, 2.05) is 6.07 Å². The fourth-order valence-corrected chi connectivity index (χ4v) is 2.40. The Morgan fingerprint density at radius 2 is 1.87 bits per heavy atom. The van der Waals surface area contributed by atoms with Gasteiger partial charge in [-0.2, -0.15) is 0 Å². The zero-order valence-corrected chi connectivity index (χ0v) is 8.73. The van der Waals surface area contributed by atoms with Crippen molar-refractivity contribution < 1.29 is 9.90 Å². The van der Waals surface area contributed by atoms with Crippen LogP contribution in [0.4, 0.5) is 0 Å². The molecular weight excluding hydrogens is 188 g/mol. The van der Waals surface area contributed by atoms with Crippen molar-refractivity contribution in [2.75, 3.05) is 0 Å². The highest BCUT2D eigenvalue weighted by molar-refractivity contribution is 5.67. The van der Waals surface area contributed by atoms with Gasteiger partial charge in [-0.15, -0.1) is 0 Å². The van der Waals surface area contributed by atoms with E-state index < -0.39 is 5.97 Å². The molecule has 1 aromatic carbocycles. The highest BCUT2D eigenvalue weighted by Crippen LogP contribution is 2.38. The normalized spacial score (nSPS) is 24.5. The number of carbonyl (C=O) groups is 1. The van der Waals surface area contributed by atoms with Crippen molar-refractivity contribution in [3.8, 4) is 0 Å². The minimum atomic E-state index is -0.654. The second-order valence-corrected chi connectivity index (χ2v) is 4.49. The Labute approximate surface area is 89.9 Å². The molecule has 0 unspecified atom stereocenters. The topological polar surface area (TPSA) is 37.3 Å².